The average Bonchev–Trinajstić information content (AvgIpc) is 2.62. The first kappa shape index (κ1) is 25.7. The zero-order valence-electron chi connectivity index (χ0n) is 20.5. The second kappa shape index (κ2) is 10.8. The predicted octanol–water partition coefficient (Wildman–Crippen LogP) is 4.18. The van der Waals surface area contributed by atoms with Crippen LogP contribution < -0.4 is 10.6 Å². The molecule has 178 valence electrons. The highest BCUT2D eigenvalue weighted by Gasteiger charge is 2.42. The van der Waals surface area contributed by atoms with E-state index in [1.54, 1.807) is 25.7 Å². The molecule has 2 N–H and O–H groups in total. The topological polar surface area (TPSA) is 87.7 Å². The summed E-state index contributed by atoms with van der Waals surface area (Å²) in [4.78, 5) is 41.4. The van der Waals surface area contributed by atoms with Crippen LogP contribution in [0.2, 0.25) is 0 Å². The van der Waals surface area contributed by atoms with E-state index in [0.29, 0.717) is 0 Å². The number of hydrogen-bond donors (Lipinski definition) is 2. The molecular weight excluding hydrogens is 406 g/mol. The summed E-state index contributed by atoms with van der Waals surface area (Å²) in [6.45, 7) is 12.9. The van der Waals surface area contributed by atoms with Gasteiger partial charge in [-0.1, -0.05) is 44.2 Å². The summed E-state index contributed by atoms with van der Waals surface area (Å²) in [6.07, 6.45) is 2.04. The van der Waals surface area contributed by atoms with E-state index < -0.39 is 23.8 Å². The normalized spacial score (nSPS) is 16.2. The maximum atomic E-state index is 13.9. The standard InChI is InChI=1S/C25H39N3O4/c1-16(2)20(27-24(31)32-25(5,6)7)23(30)28(19-14-11-15-19)21(22(29)26-17(3)4)18-12-9-8-10-13-18/h8-10,12-13,16-17,19-21H,11,14-15H2,1-7H3,(H,26,29)(H,27,31). The monoisotopic (exact) mass is 445 g/mol. The highest BCUT2D eigenvalue weighted by molar-refractivity contribution is 5.92. The Morgan fingerprint density at radius 3 is 2.03 bits per heavy atom. The Morgan fingerprint density at radius 1 is 1.00 bits per heavy atom. The number of benzene rings is 1. The first-order chi connectivity index (χ1) is 14.9. The molecule has 2 atom stereocenters. The maximum absolute atomic E-state index is 13.9. The quantitative estimate of drug-likeness (QED) is 0.628. The molecule has 0 bridgehead atoms. The van der Waals surface area contributed by atoms with Crippen molar-refractivity contribution in [2.75, 3.05) is 0 Å². The van der Waals surface area contributed by atoms with Gasteiger partial charge < -0.3 is 20.3 Å². The van der Waals surface area contributed by atoms with Crippen LogP contribution in [0.25, 0.3) is 0 Å². The molecule has 0 saturated heterocycles. The number of hydrogen-bond acceptors (Lipinski definition) is 4. The van der Waals surface area contributed by atoms with Gasteiger partial charge in [0.25, 0.3) is 0 Å². The lowest BCUT2D eigenvalue weighted by atomic mass is 9.87. The molecule has 1 aromatic rings. The molecule has 0 aliphatic heterocycles. The molecule has 1 fully saturated rings. The lowest BCUT2D eigenvalue weighted by molar-refractivity contribution is -0.148. The fraction of sp³-hybridized carbons (Fsp3) is 0.640. The molecule has 1 aromatic carbocycles. The molecule has 1 aliphatic rings. The molecule has 3 amide bonds. The van der Waals surface area contributed by atoms with Crippen molar-refractivity contribution in [1.29, 1.82) is 0 Å². The molecule has 7 nitrogen and oxygen atoms in total. The minimum Gasteiger partial charge on any atom is -0.444 e. The van der Waals surface area contributed by atoms with E-state index in [9.17, 15) is 14.4 Å². The highest BCUT2D eigenvalue weighted by atomic mass is 16.6. The lowest BCUT2D eigenvalue weighted by Crippen LogP contribution is -2.59. The molecule has 2 rings (SSSR count). The fourth-order valence-electron chi connectivity index (χ4n) is 3.73. The number of amides is 3. The summed E-state index contributed by atoms with van der Waals surface area (Å²) in [6, 6.07) is 7.68. The first-order valence-electron chi connectivity index (χ1n) is 11.6. The van der Waals surface area contributed by atoms with Gasteiger partial charge in [0.2, 0.25) is 11.8 Å². The van der Waals surface area contributed by atoms with Crippen LogP contribution in [0.15, 0.2) is 30.3 Å². The second-order valence-corrected chi connectivity index (χ2v) is 10.2. The molecule has 0 heterocycles. The predicted molar refractivity (Wildman–Crippen MR) is 125 cm³/mol. The van der Waals surface area contributed by atoms with Crippen molar-refractivity contribution in [3.8, 4) is 0 Å². The smallest absolute Gasteiger partial charge is 0.408 e. The molecule has 0 aromatic heterocycles. The van der Waals surface area contributed by atoms with Crippen LogP contribution in [0.1, 0.15) is 79.3 Å². The molecule has 1 aliphatic carbocycles. The number of carbonyl (C=O) groups excluding carboxylic acids is 3. The number of nitrogens with zero attached hydrogens (tertiary/aromatic N) is 1. The number of rotatable bonds is 8. The molecule has 7 heteroatoms. The van der Waals surface area contributed by atoms with Crippen molar-refractivity contribution in [3.05, 3.63) is 35.9 Å². The zero-order valence-corrected chi connectivity index (χ0v) is 20.5. The summed E-state index contributed by atoms with van der Waals surface area (Å²) < 4.78 is 5.39. The number of carbonyl (C=O) groups is 3. The summed E-state index contributed by atoms with van der Waals surface area (Å²) in [5, 5.41) is 5.73. The molecular formula is C25H39N3O4. The Balaban J connectivity index is 2.42. The van der Waals surface area contributed by atoms with Crippen molar-refractivity contribution < 1.29 is 19.1 Å². The van der Waals surface area contributed by atoms with Crippen molar-refractivity contribution >= 4 is 17.9 Å². The minimum absolute atomic E-state index is 0.0488. The Bertz CT molecular complexity index is 782. The van der Waals surface area contributed by atoms with Crippen molar-refractivity contribution in [2.45, 2.75) is 97.5 Å². The maximum Gasteiger partial charge on any atom is 0.408 e. The molecule has 0 radical (unpaired) electrons. The molecule has 1 saturated carbocycles. The van der Waals surface area contributed by atoms with Crippen LogP contribution in [0.4, 0.5) is 4.79 Å². The summed E-state index contributed by atoms with van der Waals surface area (Å²) in [5.41, 5.74) is 0.0807. The van der Waals surface area contributed by atoms with Gasteiger partial charge in [0.1, 0.15) is 17.7 Å². The first-order valence-corrected chi connectivity index (χ1v) is 11.6. The highest BCUT2D eigenvalue weighted by Crippen LogP contribution is 2.34. The van der Waals surface area contributed by atoms with E-state index in [0.717, 1.165) is 24.8 Å². The van der Waals surface area contributed by atoms with Crippen molar-refractivity contribution in [2.24, 2.45) is 5.92 Å². The van der Waals surface area contributed by atoms with Gasteiger partial charge in [0, 0.05) is 12.1 Å². The zero-order chi connectivity index (χ0) is 24.1. The third kappa shape index (κ3) is 6.97. The van der Waals surface area contributed by atoms with Crippen molar-refractivity contribution in [3.63, 3.8) is 0 Å². The van der Waals surface area contributed by atoms with Gasteiger partial charge >= 0.3 is 6.09 Å². The van der Waals surface area contributed by atoms with Gasteiger partial charge in [0.15, 0.2) is 0 Å². The minimum atomic E-state index is -0.802. The van der Waals surface area contributed by atoms with E-state index in [1.807, 2.05) is 58.0 Å². The summed E-state index contributed by atoms with van der Waals surface area (Å²) in [7, 11) is 0. The van der Waals surface area contributed by atoms with Crippen molar-refractivity contribution in [1.82, 2.24) is 15.5 Å². The Labute approximate surface area is 192 Å². The third-order valence-electron chi connectivity index (χ3n) is 5.40. The number of ether oxygens (including phenoxy) is 1. The number of nitrogens with one attached hydrogen (secondary N) is 2. The summed E-state index contributed by atoms with van der Waals surface area (Å²) >= 11 is 0. The van der Waals surface area contributed by atoms with E-state index in [4.69, 9.17) is 4.74 Å². The average molecular weight is 446 g/mol. The van der Waals surface area contributed by atoms with E-state index in [2.05, 4.69) is 10.6 Å². The second-order valence-electron chi connectivity index (χ2n) is 10.2. The van der Waals surface area contributed by atoms with Crippen LogP contribution in [-0.2, 0) is 14.3 Å². The van der Waals surface area contributed by atoms with E-state index >= 15 is 0 Å². The Morgan fingerprint density at radius 2 is 1.59 bits per heavy atom. The Hall–Kier alpha value is -2.57. The number of alkyl carbamates (subject to hydrolysis) is 1. The Kier molecular flexibility index (Phi) is 8.70. The van der Waals surface area contributed by atoms with Crippen LogP contribution >= 0.6 is 0 Å². The van der Waals surface area contributed by atoms with Crippen LogP contribution in [-0.4, -0.2) is 46.5 Å². The van der Waals surface area contributed by atoms with Gasteiger partial charge in [0.05, 0.1) is 0 Å². The molecule has 32 heavy (non-hydrogen) atoms. The lowest BCUT2D eigenvalue weighted by Gasteiger charge is -2.44. The van der Waals surface area contributed by atoms with Gasteiger partial charge in [-0.15, -0.1) is 0 Å². The van der Waals surface area contributed by atoms with E-state index in [-0.39, 0.29) is 29.8 Å². The molecule has 0 spiro atoms. The molecule has 2 unspecified atom stereocenters. The SMILES string of the molecule is CC(C)NC(=O)C(c1ccccc1)N(C(=O)C(NC(=O)OC(C)(C)C)C(C)C)C1CCC1. The van der Waals surface area contributed by atoms with Crippen LogP contribution in [0.3, 0.4) is 0 Å². The van der Waals surface area contributed by atoms with Gasteiger partial charge in [-0.2, -0.15) is 0 Å². The van der Waals surface area contributed by atoms with Crippen LogP contribution in [0.5, 0.6) is 0 Å². The summed E-state index contributed by atoms with van der Waals surface area (Å²) in [5.74, 6) is -0.656. The fourth-order valence-corrected chi connectivity index (χ4v) is 3.73. The third-order valence-corrected chi connectivity index (χ3v) is 5.40. The van der Waals surface area contributed by atoms with Gasteiger partial charge in [-0.05, 0) is 65.4 Å². The van der Waals surface area contributed by atoms with Gasteiger partial charge in [-0.25, -0.2) is 4.79 Å². The largest absolute Gasteiger partial charge is 0.444 e. The van der Waals surface area contributed by atoms with E-state index in [1.165, 1.54) is 0 Å². The van der Waals surface area contributed by atoms with Crippen LogP contribution in [0, 0.1) is 5.92 Å². The van der Waals surface area contributed by atoms with Gasteiger partial charge in [-0.3, -0.25) is 9.59 Å².